The Hall–Kier alpha value is -4.05. The van der Waals surface area contributed by atoms with Gasteiger partial charge in [-0.2, -0.15) is 0 Å². The summed E-state index contributed by atoms with van der Waals surface area (Å²) in [7, 11) is 1.56. The molecule has 1 aromatic heterocycles. The third-order valence-electron chi connectivity index (χ3n) is 6.59. The van der Waals surface area contributed by atoms with Crippen molar-refractivity contribution in [1.29, 1.82) is 0 Å². The zero-order valence-electron chi connectivity index (χ0n) is 21.4. The summed E-state index contributed by atoms with van der Waals surface area (Å²) < 4.78 is 34.1. The highest BCUT2D eigenvalue weighted by Gasteiger charge is 2.35. The molecule has 2 aromatic carbocycles. The van der Waals surface area contributed by atoms with Gasteiger partial charge in [0.25, 0.3) is 5.91 Å². The third kappa shape index (κ3) is 5.91. The smallest absolute Gasteiger partial charge is 0.321 e. The molecule has 10 heteroatoms. The van der Waals surface area contributed by atoms with Gasteiger partial charge >= 0.3 is 6.03 Å². The molecule has 0 bridgehead atoms. The first-order chi connectivity index (χ1) is 18.2. The third-order valence-corrected chi connectivity index (χ3v) is 6.59. The highest BCUT2D eigenvalue weighted by Crippen LogP contribution is 2.30. The number of amides is 3. The van der Waals surface area contributed by atoms with Gasteiger partial charge in [-0.05, 0) is 42.8 Å². The van der Waals surface area contributed by atoms with Crippen LogP contribution in [0.1, 0.15) is 24.2 Å². The molecule has 0 radical (unpaired) electrons. The van der Waals surface area contributed by atoms with E-state index in [-0.39, 0.29) is 48.7 Å². The number of likely N-dealkylation sites (N-methyl/N-ethyl adjacent to an activating group) is 1. The van der Waals surface area contributed by atoms with Crippen LogP contribution in [0.2, 0.25) is 0 Å². The maximum atomic E-state index is 14.0. The van der Waals surface area contributed by atoms with Crippen LogP contribution in [0.15, 0.2) is 60.8 Å². The lowest BCUT2D eigenvalue weighted by Gasteiger charge is -2.37. The van der Waals surface area contributed by atoms with Crippen LogP contribution in [-0.4, -0.2) is 70.7 Å². The maximum absolute atomic E-state index is 14.0. The molecule has 2 N–H and O–H groups in total. The number of hydrogen-bond donors (Lipinski definition) is 2. The molecule has 0 unspecified atom stereocenters. The predicted molar refractivity (Wildman–Crippen MR) is 139 cm³/mol. The molecule has 3 amide bonds. The van der Waals surface area contributed by atoms with Crippen molar-refractivity contribution in [1.82, 2.24) is 14.8 Å². The number of ether oxygens (including phenoxy) is 1. The van der Waals surface area contributed by atoms with E-state index in [4.69, 9.17) is 4.74 Å². The number of urea groups is 1. The van der Waals surface area contributed by atoms with Gasteiger partial charge in [0, 0.05) is 31.3 Å². The number of carbonyl (C=O) groups excluding carboxylic acids is 2. The second kappa shape index (κ2) is 11.6. The molecule has 4 rings (SSSR count). The van der Waals surface area contributed by atoms with E-state index in [2.05, 4.69) is 10.3 Å². The molecule has 200 valence electrons. The predicted octanol–water partition coefficient (Wildman–Crippen LogP) is 4.41. The fraction of sp³-hybridized carbons (Fsp3) is 0.321. The number of aliphatic hydroxyl groups excluding tert-OH is 1. The molecule has 3 atom stereocenters. The Morgan fingerprint density at radius 1 is 1.21 bits per heavy atom. The monoisotopic (exact) mass is 524 g/mol. The van der Waals surface area contributed by atoms with Crippen molar-refractivity contribution < 1.29 is 28.2 Å². The second-order valence-corrected chi connectivity index (χ2v) is 9.50. The number of para-hydroxylation sites is 1. The summed E-state index contributed by atoms with van der Waals surface area (Å²) in [5.41, 5.74) is 1.30. The Labute approximate surface area is 219 Å². The van der Waals surface area contributed by atoms with Crippen molar-refractivity contribution in [3.8, 4) is 17.0 Å². The number of rotatable bonds is 6. The minimum atomic E-state index is -0.584. The van der Waals surface area contributed by atoms with Gasteiger partial charge in [0.2, 0.25) is 5.88 Å². The van der Waals surface area contributed by atoms with Crippen LogP contribution < -0.4 is 10.1 Å². The quantitative estimate of drug-likeness (QED) is 0.498. The van der Waals surface area contributed by atoms with Gasteiger partial charge in [-0.15, -0.1) is 0 Å². The Balaban J connectivity index is 1.64. The summed E-state index contributed by atoms with van der Waals surface area (Å²) in [4.78, 5) is 33.7. The van der Waals surface area contributed by atoms with Crippen LogP contribution in [-0.2, 0) is 0 Å². The van der Waals surface area contributed by atoms with Gasteiger partial charge in [0.15, 0.2) is 0 Å². The summed E-state index contributed by atoms with van der Waals surface area (Å²) in [5.74, 6) is -1.52. The molecule has 0 saturated heterocycles. The van der Waals surface area contributed by atoms with Gasteiger partial charge in [0.05, 0.1) is 24.9 Å². The average Bonchev–Trinajstić information content (AvgIpc) is 2.91. The van der Waals surface area contributed by atoms with Crippen LogP contribution >= 0.6 is 0 Å². The maximum Gasteiger partial charge on any atom is 0.321 e. The summed E-state index contributed by atoms with van der Waals surface area (Å²) >= 11 is 0. The lowest BCUT2D eigenvalue weighted by molar-refractivity contribution is 0.0356. The number of anilines is 1. The summed E-state index contributed by atoms with van der Waals surface area (Å²) in [6, 6.07) is 12.4. The van der Waals surface area contributed by atoms with Crippen LogP contribution in [0.4, 0.5) is 19.3 Å². The summed E-state index contributed by atoms with van der Waals surface area (Å²) in [6.07, 6.45) is 0.915. The lowest BCUT2D eigenvalue weighted by Crippen LogP contribution is -2.50. The SMILES string of the molecule is C[C@H](CO)N1C[C@H](C)[C@@H](CN(C)C(=O)Nc2ccccc2F)Oc2ncc(-c3cccc(F)c3)cc2C1=O. The zero-order valence-corrected chi connectivity index (χ0v) is 21.4. The zero-order chi connectivity index (χ0) is 27.4. The fourth-order valence-corrected chi connectivity index (χ4v) is 4.27. The van der Waals surface area contributed by atoms with Crippen LogP contribution in [0.5, 0.6) is 5.88 Å². The number of halogens is 2. The molecule has 0 fully saturated rings. The number of pyridine rings is 1. The van der Waals surface area contributed by atoms with Crippen molar-refractivity contribution in [2.75, 3.05) is 32.1 Å². The van der Waals surface area contributed by atoms with E-state index in [1.165, 1.54) is 41.4 Å². The first-order valence-corrected chi connectivity index (χ1v) is 12.3. The normalized spacial score (nSPS) is 18.1. The van der Waals surface area contributed by atoms with E-state index in [0.717, 1.165) is 0 Å². The molecule has 1 aliphatic heterocycles. The average molecular weight is 525 g/mol. The number of benzene rings is 2. The van der Waals surface area contributed by atoms with Crippen LogP contribution in [0.3, 0.4) is 0 Å². The summed E-state index contributed by atoms with van der Waals surface area (Å²) in [6.45, 7) is 3.73. The van der Waals surface area contributed by atoms with Crippen molar-refractivity contribution in [3.05, 3.63) is 78.0 Å². The number of aliphatic hydroxyl groups is 1. The Bertz CT molecular complexity index is 1320. The van der Waals surface area contributed by atoms with Crippen molar-refractivity contribution in [2.45, 2.75) is 26.0 Å². The Morgan fingerprint density at radius 2 is 1.97 bits per heavy atom. The minimum absolute atomic E-state index is 0.0569. The van der Waals surface area contributed by atoms with Gasteiger partial charge in [-0.25, -0.2) is 18.6 Å². The second-order valence-electron chi connectivity index (χ2n) is 9.50. The molecule has 0 spiro atoms. The molecule has 3 aromatic rings. The minimum Gasteiger partial charge on any atom is -0.472 e. The standard InChI is InChI=1S/C28H30F2N4O4/c1-17-14-34(18(2)16-35)27(36)22-12-20(19-7-6-8-21(29)11-19)13-31-26(22)38-25(17)15-33(3)28(37)32-24-10-5-4-9-23(24)30/h4-13,17-18,25,35H,14-16H2,1-3H3,(H,32,37)/t17-,18+,25+/m0/s1. The Kier molecular flexibility index (Phi) is 8.21. The topological polar surface area (TPSA) is 95.0 Å². The molecular weight excluding hydrogens is 494 g/mol. The number of carbonyl (C=O) groups is 2. The number of aromatic nitrogens is 1. The number of nitrogens with one attached hydrogen (secondary N) is 1. The highest BCUT2D eigenvalue weighted by atomic mass is 19.1. The first-order valence-electron chi connectivity index (χ1n) is 12.3. The van der Waals surface area contributed by atoms with Crippen molar-refractivity contribution in [3.63, 3.8) is 0 Å². The fourth-order valence-electron chi connectivity index (χ4n) is 4.27. The van der Waals surface area contributed by atoms with E-state index < -0.39 is 29.8 Å². The molecule has 1 aliphatic rings. The van der Waals surface area contributed by atoms with Crippen LogP contribution in [0, 0.1) is 17.6 Å². The van der Waals surface area contributed by atoms with E-state index in [9.17, 15) is 23.5 Å². The molecule has 2 heterocycles. The summed E-state index contributed by atoms with van der Waals surface area (Å²) in [5, 5.41) is 12.4. The van der Waals surface area contributed by atoms with Gasteiger partial charge in [0.1, 0.15) is 23.3 Å². The number of fused-ring (bicyclic) bond motifs is 1. The van der Waals surface area contributed by atoms with Gasteiger partial charge in [-0.1, -0.05) is 31.2 Å². The molecular formula is C28H30F2N4O4. The van der Waals surface area contributed by atoms with E-state index in [1.54, 1.807) is 43.1 Å². The van der Waals surface area contributed by atoms with Gasteiger partial charge < -0.3 is 25.0 Å². The molecule has 38 heavy (non-hydrogen) atoms. The lowest BCUT2D eigenvalue weighted by atomic mass is 9.99. The largest absolute Gasteiger partial charge is 0.472 e. The Morgan fingerprint density at radius 3 is 2.68 bits per heavy atom. The molecule has 0 aliphatic carbocycles. The highest BCUT2D eigenvalue weighted by molar-refractivity contribution is 5.98. The molecule has 8 nitrogen and oxygen atoms in total. The number of nitrogens with zero attached hydrogens (tertiary/aromatic N) is 3. The van der Waals surface area contributed by atoms with Gasteiger partial charge in [-0.3, -0.25) is 4.79 Å². The van der Waals surface area contributed by atoms with E-state index in [0.29, 0.717) is 11.1 Å². The number of hydrogen-bond acceptors (Lipinski definition) is 5. The van der Waals surface area contributed by atoms with Crippen LogP contribution in [0.25, 0.3) is 11.1 Å². The van der Waals surface area contributed by atoms with E-state index in [1.807, 2.05) is 6.92 Å². The van der Waals surface area contributed by atoms with Crippen molar-refractivity contribution in [2.24, 2.45) is 5.92 Å². The van der Waals surface area contributed by atoms with E-state index >= 15 is 0 Å². The first kappa shape index (κ1) is 27.0. The molecule has 0 saturated carbocycles. The van der Waals surface area contributed by atoms with Crippen molar-refractivity contribution >= 4 is 17.6 Å².